The fourth-order valence-corrected chi connectivity index (χ4v) is 2.22. The maximum absolute atomic E-state index is 13.0. The van der Waals surface area contributed by atoms with E-state index in [-0.39, 0.29) is 17.3 Å². The minimum absolute atomic E-state index is 0.0673. The minimum atomic E-state index is -4.63. The molecule has 0 unspecified atom stereocenters. The van der Waals surface area contributed by atoms with E-state index in [0.717, 1.165) is 12.1 Å². The third kappa shape index (κ3) is 4.55. The number of rotatable bonds is 4. The fourth-order valence-electron chi connectivity index (χ4n) is 2.05. The summed E-state index contributed by atoms with van der Waals surface area (Å²) in [6.07, 6.45) is -4.63. The maximum atomic E-state index is 13.0. The van der Waals surface area contributed by atoms with Crippen molar-refractivity contribution in [1.82, 2.24) is 5.32 Å². The molecule has 0 aliphatic carbocycles. The highest BCUT2D eigenvalue weighted by atomic mass is 35.5. The predicted octanol–water partition coefficient (Wildman–Crippen LogP) is 4.69. The average molecular weight is 359 g/mol. The highest BCUT2D eigenvalue weighted by Gasteiger charge is 2.34. The summed E-state index contributed by atoms with van der Waals surface area (Å²) in [5, 5.41) is 4.60. The summed E-state index contributed by atoms with van der Waals surface area (Å²) in [7, 11) is 1.49. The van der Waals surface area contributed by atoms with Crippen LogP contribution in [0.3, 0.4) is 0 Å². The van der Waals surface area contributed by atoms with E-state index in [1.165, 1.54) is 13.2 Å². The van der Waals surface area contributed by atoms with Crippen molar-refractivity contribution in [3.05, 3.63) is 58.6 Å². The number of carbonyl (C=O) groups is 1. The number of halogens is 4. The van der Waals surface area contributed by atoms with E-state index in [0.29, 0.717) is 11.3 Å². The zero-order valence-corrected chi connectivity index (χ0v) is 13.3. The van der Waals surface area contributed by atoms with Gasteiger partial charge in [0.25, 0.3) is 0 Å². The molecule has 0 atom stereocenters. The van der Waals surface area contributed by atoms with Crippen molar-refractivity contribution in [2.75, 3.05) is 12.4 Å². The van der Waals surface area contributed by atoms with Crippen LogP contribution in [0.1, 0.15) is 11.1 Å². The smallest absolute Gasteiger partial charge is 0.418 e. The first-order valence-electron chi connectivity index (χ1n) is 6.84. The molecular weight excluding hydrogens is 345 g/mol. The molecule has 0 aliphatic heterocycles. The van der Waals surface area contributed by atoms with Crippen molar-refractivity contribution >= 4 is 23.3 Å². The molecule has 0 bridgehead atoms. The number of alkyl halides is 3. The lowest BCUT2D eigenvalue weighted by atomic mass is 10.1. The number of para-hydroxylation sites is 1. The molecule has 2 N–H and O–H groups in total. The molecule has 0 heterocycles. The van der Waals surface area contributed by atoms with E-state index < -0.39 is 17.8 Å². The first-order chi connectivity index (χ1) is 11.3. The molecule has 0 radical (unpaired) electrons. The molecule has 0 saturated carbocycles. The molecular formula is C16H14ClF3N2O2. The van der Waals surface area contributed by atoms with Crippen LogP contribution in [0.5, 0.6) is 5.75 Å². The summed E-state index contributed by atoms with van der Waals surface area (Å²) in [5.74, 6) is 0.570. The summed E-state index contributed by atoms with van der Waals surface area (Å²) in [6, 6.07) is 9.36. The van der Waals surface area contributed by atoms with Crippen molar-refractivity contribution in [2.45, 2.75) is 12.7 Å². The molecule has 0 aromatic heterocycles. The molecule has 24 heavy (non-hydrogen) atoms. The number of hydrogen-bond donors (Lipinski definition) is 2. The van der Waals surface area contributed by atoms with Crippen LogP contribution in [-0.4, -0.2) is 13.1 Å². The number of methoxy groups -OCH3 is 1. The molecule has 2 rings (SSSR count). The van der Waals surface area contributed by atoms with Crippen LogP contribution in [0.25, 0.3) is 0 Å². The van der Waals surface area contributed by atoms with Crippen molar-refractivity contribution < 1.29 is 22.7 Å². The molecule has 2 aromatic carbocycles. The van der Waals surface area contributed by atoms with Gasteiger partial charge in [0.1, 0.15) is 5.75 Å². The van der Waals surface area contributed by atoms with E-state index in [1.807, 2.05) is 0 Å². The van der Waals surface area contributed by atoms with Gasteiger partial charge in [0.15, 0.2) is 0 Å². The lowest BCUT2D eigenvalue weighted by Gasteiger charge is -2.15. The second-order valence-electron chi connectivity index (χ2n) is 4.81. The Morgan fingerprint density at radius 2 is 1.92 bits per heavy atom. The molecule has 0 fully saturated rings. The Labute approximate surface area is 141 Å². The van der Waals surface area contributed by atoms with Crippen LogP contribution < -0.4 is 15.4 Å². The van der Waals surface area contributed by atoms with E-state index >= 15 is 0 Å². The Morgan fingerprint density at radius 3 is 2.58 bits per heavy atom. The highest BCUT2D eigenvalue weighted by Crippen LogP contribution is 2.36. The number of nitrogens with one attached hydrogen (secondary N) is 2. The summed E-state index contributed by atoms with van der Waals surface area (Å²) in [6.45, 7) is 0.102. The molecule has 128 valence electrons. The second kappa shape index (κ2) is 7.44. The molecule has 4 nitrogen and oxygen atoms in total. The first-order valence-corrected chi connectivity index (χ1v) is 7.22. The van der Waals surface area contributed by atoms with E-state index in [9.17, 15) is 18.0 Å². The SMILES string of the molecule is COc1ccccc1CNC(=O)Nc1ccc(Cl)cc1C(F)(F)F. The summed E-state index contributed by atoms with van der Waals surface area (Å²) >= 11 is 5.59. The van der Waals surface area contributed by atoms with Gasteiger partial charge in [0, 0.05) is 17.1 Å². The van der Waals surface area contributed by atoms with Crippen LogP contribution in [0.15, 0.2) is 42.5 Å². The van der Waals surface area contributed by atoms with E-state index in [4.69, 9.17) is 16.3 Å². The predicted molar refractivity (Wildman–Crippen MR) is 85.3 cm³/mol. The Bertz CT molecular complexity index is 736. The lowest BCUT2D eigenvalue weighted by molar-refractivity contribution is -0.136. The highest BCUT2D eigenvalue weighted by molar-refractivity contribution is 6.30. The monoisotopic (exact) mass is 358 g/mol. The van der Waals surface area contributed by atoms with Crippen LogP contribution in [0, 0.1) is 0 Å². The van der Waals surface area contributed by atoms with E-state index in [2.05, 4.69) is 10.6 Å². The number of anilines is 1. The summed E-state index contributed by atoms with van der Waals surface area (Å²) in [4.78, 5) is 11.9. The number of hydrogen-bond acceptors (Lipinski definition) is 2. The van der Waals surface area contributed by atoms with Crippen LogP contribution in [-0.2, 0) is 12.7 Å². The Kier molecular flexibility index (Phi) is 5.56. The molecule has 2 aromatic rings. The molecule has 0 spiro atoms. The summed E-state index contributed by atoms with van der Waals surface area (Å²) in [5.41, 5.74) is -0.686. The Balaban J connectivity index is 2.08. The Morgan fingerprint density at radius 1 is 1.21 bits per heavy atom. The van der Waals surface area contributed by atoms with Gasteiger partial charge in [-0.15, -0.1) is 0 Å². The number of ether oxygens (including phenoxy) is 1. The number of carbonyl (C=O) groups excluding carboxylic acids is 1. The standard InChI is InChI=1S/C16H14ClF3N2O2/c1-24-14-5-3-2-4-10(14)9-21-15(23)22-13-7-6-11(17)8-12(13)16(18,19)20/h2-8H,9H2,1H3,(H2,21,22,23). The van der Waals surface area contributed by atoms with Gasteiger partial charge in [-0.3, -0.25) is 0 Å². The number of benzene rings is 2. The van der Waals surface area contributed by atoms with Gasteiger partial charge in [0.2, 0.25) is 0 Å². The molecule has 0 aliphatic rings. The quantitative estimate of drug-likeness (QED) is 0.833. The first kappa shape index (κ1) is 17.9. The molecule has 0 saturated heterocycles. The molecule has 8 heteroatoms. The van der Waals surface area contributed by atoms with Gasteiger partial charge in [0.05, 0.1) is 18.4 Å². The second-order valence-corrected chi connectivity index (χ2v) is 5.24. The van der Waals surface area contributed by atoms with Gasteiger partial charge in [-0.25, -0.2) is 4.79 Å². The van der Waals surface area contributed by atoms with Crippen molar-refractivity contribution in [3.8, 4) is 5.75 Å². The van der Waals surface area contributed by atoms with Gasteiger partial charge in [-0.2, -0.15) is 13.2 Å². The van der Waals surface area contributed by atoms with Gasteiger partial charge in [-0.05, 0) is 24.3 Å². The van der Waals surface area contributed by atoms with Crippen molar-refractivity contribution in [1.29, 1.82) is 0 Å². The van der Waals surface area contributed by atoms with Crippen molar-refractivity contribution in [2.24, 2.45) is 0 Å². The largest absolute Gasteiger partial charge is 0.496 e. The van der Waals surface area contributed by atoms with Crippen molar-refractivity contribution in [3.63, 3.8) is 0 Å². The third-order valence-electron chi connectivity index (χ3n) is 3.17. The lowest BCUT2D eigenvalue weighted by Crippen LogP contribution is -2.29. The number of urea groups is 1. The third-order valence-corrected chi connectivity index (χ3v) is 3.40. The normalized spacial score (nSPS) is 11.0. The zero-order valence-electron chi connectivity index (χ0n) is 12.6. The van der Waals surface area contributed by atoms with Crippen LogP contribution >= 0.6 is 11.6 Å². The number of amides is 2. The maximum Gasteiger partial charge on any atom is 0.418 e. The minimum Gasteiger partial charge on any atom is -0.496 e. The van der Waals surface area contributed by atoms with Gasteiger partial charge in [-0.1, -0.05) is 29.8 Å². The topological polar surface area (TPSA) is 50.4 Å². The average Bonchev–Trinajstić information content (AvgIpc) is 2.54. The Hall–Kier alpha value is -2.41. The van der Waals surface area contributed by atoms with Gasteiger partial charge >= 0.3 is 12.2 Å². The van der Waals surface area contributed by atoms with Gasteiger partial charge < -0.3 is 15.4 Å². The van der Waals surface area contributed by atoms with E-state index in [1.54, 1.807) is 24.3 Å². The summed E-state index contributed by atoms with van der Waals surface area (Å²) < 4.78 is 44.1. The zero-order chi connectivity index (χ0) is 17.7. The molecule has 2 amide bonds. The fraction of sp³-hybridized carbons (Fsp3) is 0.188. The van der Waals surface area contributed by atoms with Crippen LogP contribution in [0.2, 0.25) is 5.02 Å². The van der Waals surface area contributed by atoms with Crippen LogP contribution in [0.4, 0.5) is 23.7 Å².